The van der Waals surface area contributed by atoms with Crippen molar-refractivity contribution in [2.45, 2.75) is 44.4 Å². The molecule has 0 aliphatic heterocycles. The number of methoxy groups -OCH3 is 1. The maximum atomic E-state index is 13.5. The quantitative estimate of drug-likeness (QED) is 0.807. The highest BCUT2D eigenvalue weighted by molar-refractivity contribution is 5.30. The van der Waals surface area contributed by atoms with Gasteiger partial charge in [0.05, 0.1) is 12.7 Å². The molecule has 2 nitrogen and oxygen atoms in total. The Balaban J connectivity index is 2.59. The van der Waals surface area contributed by atoms with Gasteiger partial charge < -0.3 is 9.84 Å². The predicted octanol–water partition coefficient (Wildman–Crippen LogP) is 3.86. The molecule has 0 aliphatic carbocycles. The van der Waals surface area contributed by atoms with Gasteiger partial charge in [-0.3, -0.25) is 0 Å². The van der Waals surface area contributed by atoms with Gasteiger partial charge in [-0.2, -0.15) is 13.2 Å². The highest BCUT2D eigenvalue weighted by atomic mass is 19.4. The fourth-order valence-electron chi connectivity index (χ4n) is 2.02. The van der Waals surface area contributed by atoms with Crippen molar-refractivity contribution < 1.29 is 27.4 Å². The van der Waals surface area contributed by atoms with Gasteiger partial charge in [-0.1, -0.05) is 6.07 Å². The lowest BCUT2D eigenvalue weighted by Gasteiger charge is -2.23. The van der Waals surface area contributed by atoms with Crippen LogP contribution in [-0.2, 0) is 6.42 Å². The molecule has 1 aromatic rings. The lowest BCUT2D eigenvalue weighted by Crippen LogP contribution is -2.27. The largest absolute Gasteiger partial charge is 0.494 e. The molecule has 0 saturated carbocycles. The minimum atomic E-state index is -4.22. The fraction of sp³-hybridized carbons (Fsp3) is 0.571. The average molecular weight is 294 g/mol. The van der Waals surface area contributed by atoms with E-state index >= 15 is 0 Å². The van der Waals surface area contributed by atoms with Crippen LogP contribution in [0.4, 0.5) is 17.6 Å². The Labute approximate surface area is 115 Å². The van der Waals surface area contributed by atoms with Crippen molar-refractivity contribution in [3.05, 3.63) is 29.6 Å². The third-order valence-electron chi connectivity index (χ3n) is 2.98. The number of alkyl halides is 3. The molecule has 0 fully saturated rings. The Morgan fingerprint density at radius 3 is 2.35 bits per heavy atom. The minimum Gasteiger partial charge on any atom is -0.494 e. The van der Waals surface area contributed by atoms with Crippen molar-refractivity contribution in [2.75, 3.05) is 7.11 Å². The molecule has 6 heteroatoms. The summed E-state index contributed by atoms with van der Waals surface area (Å²) in [5, 5.41) is 10.1. The molecule has 0 saturated heterocycles. The second kappa shape index (κ2) is 6.43. The third kappa shape index (κ3) is 5.77. The molecule has 0 amide bonds. The number of aliphatic hydroxyl groups is 1. The highest BCUT2D eigenvalue weighted by Crippen LogP contribution is 2.27. The van der Waals surface area contributed by atoms with Crippen LogP contribution >= 0.6 is 0 Å². The Morgan fingerprint density at radius 2 is 1.85 bits per heavy atom. The Morgan fingerprint density at radius 1 is 1.20 bits per heavy atom. The normalized spacial score (nSPS) is 14.9. The molecular formula is C14H18F4O2. The van der Waals surface area contributed by atoms with Crippen LogP contribution in [0, 0.1) is 5.82 Å². The summed E-state index contributed by atoms with van der Waals surface area (Å²) in [5.41, 5.74) is -0.785. The molecule has 0 heterocycles. The molecule has 0 radical (unpaired) electrons. The van der Waals surface area contributed by atoms with Crippen LogP contribution in [0.15, 0.2) is 18.2 Å². The molecule has 1 aromatic carbocycles. The van der Waals surface area contributed by atoms with Crippen LogP contribution in [0.2, 0.25) is 0 Å². The number of rotatable bonds is 6. The second-order valence-corrected chi connectivity index (χ2v) is 5.11. The molecule has 1 rings (SSSR count). The van der Waals surface area contributed by atoms with Gasteiger partial charge in [-0.05, 0) is 37.5 Å². The number of ether oxygens (including phenoxy) is 1. The molecule has 0 bridgehead atoms. The summed E-state index contributed by atoms with van der Waals surface area (Å²) in [4.78, 5) is 0. The zero-order valence-corrected chi connectivity index (χ0v) is 11.4. The summed E-state index contributed by atoms with van der Waals surface area (Å²) in [7, 11) is 1.34. The van der Waals surface area contributed by atoms with Crippen molar-refractivity contribution in [2.24, 2.45) is 0 Å². The summed E-state index contributed by atoms with van der Waals surface area (Å²) in [5.74, 6) is -0.471. The first-order valence-electron chi connectivity index (χ1n) is 6.24. The third-order valence-corrected chi connectivity index (χ3v) is 2.98. The van der Waals surface area contributed by atoms with Gasteiger partial charge in [0, 0.05) is 12.8 Å². The van der Waals surface area contributed by atoms with Crippen LogP contribution < -0.4 is 4.74 Å². The predicted molar refractivity (Wildman–Crippen MR) is 67.2 cm³/mol. The van der Waals surface area contributed by atoms with E-state index in [2.05, 4.69) is 0 Å². The van der Waals surface area contributed by atoms with E-state index in [0.29, 0.717) is 5.56 Å². The number of hydrogen-bond donors (Lipinski definition) is 1. The van der Waals surface area contributed by atoms with Crippen LogP contribution in [-0.4, -0.2) is 24.0 Å². The van der Waals surface area contributed by atoms with Crippen LogP contribution in [0.25, 0.3) is 0 Å². The van der Waals surface area contributed by atoms with Gasteiger partial charge in [0.25, 0.3) is 0 Å². The molecule has 0 aliphatic rings. The van der Waals surface area contributed by atoms with Gasteiger partial charge in [-0.25, -0.2) is 4.39 Å². The summed E-state index contributed by atoms with van der Waals surface area (Å²) >= 11 is 0. The summed E-state index contributed by atoms with van der Waals surface area (Å²) < 4.78 is 54.4. The highest BCUT2D eigenvalue weighted by Gasteiger charge is 2.29. The zero-order chi connectivity index (χ0) is 15.4. The molecule has 20 heavy (non-hydrogen) atoms. The molecule has 1 atom stereocenters. The first-order valence-corrected chi connectivity index (χ1v) is 6.24. The number of benzene rings is 1. The van der Waals surface area contributed by atoms with Gasteiger partial charge in [0.15, 0.2) is 11.6 Å². The number of halogens is 4. The minimum absolute atomic E-state index is 0.000157. The summed E-state index contributed by atoms with van der Waals surface area (Å²) in [6, 6.07) is 4.23. The van der Waals surface area contributed by atoms with E-state index in [-0.39, 0.29) is 25.0 Å². The van der Waals surface area contributed by atoms with Crippen LogP contribution in [0.3, 0.4) is 0 Å². The van der Waals surface area contributed by atoms with E-state index in [1.165, 1.54) is 26.2 Å². The van der Waals surface area contributed by atoms with Gasteiger partial charge in [0.1, 0.15) is 0 Å². The molecule has 1 unspecified atom stereocenters. The van der Waals surface area contributed by atoms with Crippen molar-refractivity contribution in [1.82, 2.24) is 0 Å². The van der Waals surface area contributed by atoms with Gasteiger partial charge >= 0.3 is 6.18 Å². The van der Waals surface area contributed by atoms with E-state index < -0.39 is 24.0 Å². The van der Waals surface area contributed by atoms with Crippen LogP contribution in [0.1, 0.15) is 31.7 Å². The molecule has 1 N–H and O–H groups in total. The van der Waals surface area contributed by atoms with E-state index in [9.17, 15) is 22.7 Å². The monoisotopic (exact) mass is 294 g/mol. The topological polar surface area (TPSA) is 29.5 Å². The first kappa shape index (κ1) is 16.8. The lowest BCUT2D eigenvalue weighted by molar-refractivity contribution is -0.137. The number of hydrogen-bond acceptors (Lipinski definition) is 2. The van der Waals surface area contributed by atoms with Crippen LogP contribution in [0.5, 0.6) is 5.75 Å². The van der Waals surface area contributed by atoms with Crippen molar-refractivity contribution in [3.8, 4) is 5.75 Å². The van der Waals surface area contributed by atoms with Gasteiger partial charge in [-0.15, -0.1) is 0 Å². The molecule has 0 aromatic heterocycles. The van der Waals surface area contributed by atoms with E-state index in [1.54, 1.807) is 6.07 Å². The van der Waals surface area contributed by atoms with Gasteiger partial charge in [0.2, 0.25) is 0 Å². The maximum Gasteiger partial charge on any atom is 0.389 e. The van der Waals surface area contributed by atoms with Crippen molar-refractivity contribution in [1.29, 1.82) is 0 Å². The molecule has 114 valence electrons. The Bertz CT molecular complexity index is 441. The lowest BCUT2D eigenvalue weighted by atomic mass is 9.91. The Hall–Kier alpha value is -1.30. The van der Waals surface area contributed by atoms with Crippen molar-refractivity contribution >= 4 is 0 Å². The second-order valence-electron chi connectivity index (χ2n) is 5.11. The maximum absolute atomic E-state index is 13.5. The van der Waals surface area contributed by atoms with E-state index in [4.69, 9.17) is 4.74 Å². The summed E-state index contributed by atoms with van der Waals surface area (Å²) in [6.07, 6.45) is -5.22. The standard InChI is InChI=1S/C14H18F4O2/c1-13(19,6-3-7-14(16,17)18)9-10-4-5-12(20-2)11(15)8-10/h4-5,8,19H,3,6-7,9H2,1-2H3. The van der Waals surface area contributed by atoms with Crippen molar-refractivity contribution in [3.63, 3.8) is 0 Å². The first-order chi connectivity index (χ1) is 9.13. The molecule has 0 spiro atoms. The zero-order valence-electron chi connectivity index (χ0n) is 11.4. The Kier molecular flexibility index (Phi) is 5.39. The fourth-order valence-corrected chi connectivity index (χ4v) is 2.02. The van der Waals surface area contributed by atoms with E-state index in [1.807, 2.05) is 0 Å². The smallest absolute Gasteiger partial charge is 0.389 e. The van der Waals surface area contributed by atoms with E-state index in [0.717, 1.165) is 0 Å². The summed E-state index contributed by atoms with van der Waals surface area (Å²) in [6.45, 7) is 1.45. The average Bonchev–Trinajstić information content (AvgIpc) is 2.26. The molecular weight excluding hydrogens is 276 g/mol. The SMILES string of the molecule is COc1ccc(CC(C)(O)CCCC(F)(F)F)cc1F.